The van der Waals surface area contributed by atoms with Gasteiger partial charge in [-0.2, -0.15) is 5.10 Å². The summed E-state index contributed by atoms with van der Waals surface area (Å²) in [6.07, 6.45) is 7.23. The molecule has 0 aliphatic carbocycles. The summed E-state index contributed by atoms with van der Waals surface area (Å²) in [5.74, 6) is 0.985. The molecule has 3 aromatic heterocycles. The van der Waals surface area contributed by atoms with E-state index in [9.17, 15) is 4.79 Å². The molecule has 1 saturated heterocycles. The average Bonchev–Trinajstić information content (AvgIpc) is 3.18. The first-order valence-electron chi connectivity index (χ1n) is 8.75. The number of aromatic amines is 1. The summed E-state index contributed by atoms with van der Waals surface area (Å²) in [5.41, 5.74) is 3.12. The lowest BCUT2D eigenvalue weighted by atomic mass is 9.94. The van der Waals surface area contributed by atoms with Crippen molar-refractivity contribution in [2.45, 2.75) is 25.7 Å². The third-order valence-electron chi connectivity index (χ3n) is 4.69. The Hall–Kier alpha value is -3.09. The number of hydrogen-bond donors (Lipinski definition) is 1. The molecule has 7 nitrogen and oxygen atoms in total. The summed E-state index contributed by atoms with van der Waals surface area (Å²) in [6.45, 7) is 3.30. The fourth-order valence-corrected chi connectivity index (χ4v) is 3.37. The van der Waals surface area contributed by atoms with Crippen LogP contribution in [0.25, 0.3) is 11.3 Å². The number of likely N-dealkylation sites (tertiary alicyclic amines) is 1. The lowest BCUT2D eigenvalue weighted by Gasteiger charge is -2.32. The molecular formula is C19H20N6O. The Bertz CT molecular complexity index is 907. The van der Waals surface area contributed by atoms with Crippen molar-refractivity contribution in [1.29, 1.82) is 0 Å². The number of rotatable bonds is 3. The second-order valence-electron chi connectivity index (χ2n) is 6.53. The molecular weight excluding hydrogens is 328 g/mol. The Balaban J connectivity index is 1.50. The van der Waals surface area contributed by atoms with Gasteiger partial charge in [-0.05, 0) is 44.0 Å². The molecule has 1 amide bonds. The Morgan fingerprint density at radius 1 is 1.31 bits per heavy atom. The van der Waals surface area contributed by atoms with E-state index in [1.54, 1.807) is 24.7 Å². The minimum absolute atomic E-state index is 0.0249. The van der Waals surface area contributed by atoms with E-state index in [-0.39, 0.29) is 11.8 Å². The van der Waals surface area contributed by atoms with Crippen molar-refractivity contribution < 1.29 is 4.79 Å². The second-order valence-corrected chi connectivity index (χ2v) is 6.53. The number of carbonyl (C=O) groups is 1. The van der Waals surface area contributed by atoms with Crippen molar-refractivity contribution in [3.05, 3.63) is 60.1 Å². The van der Waals surface area contributed by atoms with E-state index in [2.05, 4.69) is 25.1 Å². The van der Waals surface area contributed by atoms with Crippen molar-refractivity contribution in [3.8, 4) is 11.3 Å². The lowest BCUT2D eigenvalue weighted by Crippen LogP contribution is -2.39. The number of aryl methyl sites for hydroxylation is 1. The highest BCUT2D eigenvalue weighted by Crippen LogP contribution is 2.26. The van der Waals surface area contributed by atoms with Crippen molar-refractivity contribution in [3.63, 3.8) is 0 Å². The maximum atomic E-state index is 12.9. The Morgan fingerprint density at radius 3 is 3.04 bits per heavy atom. The number of nitrogens with one attached hydrogen (secondary N) is 1. The van der Waals surface area contributed by atoms with Crippen molar-refractivity contribution in [2.75, 3.05) is 13.1 Å². The van der Waals surface area contributed by atoms with Crippen LogP contribution in [-0.4, -0.2) is 49.0 Å². The number of piperidine rings is 1. The number of aromatic nitrogens is 5. The van der Waals surface area contributed by atoms with Crippen LogP contribution in [0.3, 0.4) is 0 Å². The van der Waals surface area contributed by atoms with Crippen LogP contribution in [-0.2, 0) is 0 Å². The van der Waals surface area contributed by atoms with Gasteiger partial charge in [0.05, 0.1) is 5.69 Å². The Labute approximate surface area is 151 Å². The van der Waals surface area contributed by atoms with E-state index in [4.69, 9.17) is 0 Å². The number of hydrogen-bond acceptors (Lipinski definition) is 5. The van der Waals surface area contributed by atoms with E-state index in [0.29, 0.717) is 12.2 Å². The molecule has 0 unspecified atom stereocenters. The van der Waals surface area contributed by atoms with E-state index >= 15 is 0 Å². The molecule has 0 bridgehead atoms. The van der Waals surface area contributed by atoms with Gasteiger partial charge < -0.3 is 4.90 Å². The zero-order valence-electron chi connectivity index (χ0n) is 14.6. The van der Waals surface area contributed by atoms with Crippen LogP contribution in [0.1, 0.15) is 40.8 Å². The molecule has 0 radical (unpaired) electrons. The maximum absolute atomic E-state index is 12.9. The van der Waals surface area contributed by atoms with Crippen LogP contribution >= 0.6 is 0 Å². The molecule has 1 N–H and O–H groups in total. The highest BCUT2D eigenvalue weighted by molar-refractivity contribution is 5.93. The fraction of sp³-hybridized carbons (Fsp3) is 0.316. The van der Waals surface area contributed by atoms with Crippen LogP contribution in [0.15, 0.2) is 42.9 Å². The van der Waals surface area contributed by atoms with E-state index in [1.165, 1.54) is 0 Å². The summed E-state index contributed by atoms with van der Waals surface area (Å²) in [7, 11) is 0. The van der Waals surface area contributed by atoms with Crippen LogP contribution < -0.4 is 0 Å². The molecule has 26 heavy (non-hydrogen) atoms. The molecule has 1 fully saturated rings. The molecule has 1 atom stereocenters. The van der Waals surface area contributed by atoms with Gasteiger partial charge in [-0.3, -0.25) is 14.9 Å². The van der Waals surface area contributed by atoms with Gasteiger partial charge in [0, 0.05) is 48.9 Å². The van der Waals surface area contributed by atoms with Gasteiger partial charge in [-0.15, -0.1) is 0 Å². The maximum Gasteiger partial charge on any atom is 0.271 e. The van der Waals surface area contributed by atoms with E-state index < -0.39 is 0 Å². The zero-order chi connectivity index (χ0) is 17.9. The highest BCUT2D eigenvalue weighted by atomic mass is 16.2. The summed E-state index contributed by atoms with van der Waals surface area (Å²) >= 11 is 0. The average molecular weight is 348 g/mol. The summed E-state index contributed by atoms with van der Waals surface area (Å²) in [4.78, 5) is 27.6. The second kappa shape index (κ2) is 7.03. The minimum Gasteiger partial charge on any atom is -0.337 e. The van der Waals surface area contributed by atoms with Crippen molar-refractivity contribution in [2.24, 2.45) is 0 Å². The Morgan fingerprint density at radius 2 is 2.23 bits per heavy atom. The third-order valence-corrected chi connectivity index (χ3v) is 4.69. The number of nitrogens with zero attached hydrogens (tertiary/aromatic N) is 5. The number of amides is 1. The lowest BCUT2D eigenvalue weighted by molar-refractivity contribution is 0.0700. The number of H-pyrrole nitrogens is 1. The molecule has 3 aromatic rings. The smallest absolute Gasteiger partial charge is 0.271 e. The molecule has 7 heteroatoms. The SMILES string of the molecule is Cc1nccc([C@@H]2CCCN(C(=O)c3cc(-c4cccnc4)n[nH]3)C2)n1. The summed E-state index contributed by atoms with van der Waals surface area (Å²) in [5, 5.41) is 7.13. The molecule has 4 heterocycles. The molecule has 0 spiro atoms. The number of pyridine rings is 1. The predicted octanol–water partition coefficient (Wildman–Crippen LogP) is 2.59. The molecule has 4 rings (SSSR count). The first-order valence-corrected chi connectivity index (χ1v) is 8.75. The largest absolute Gasteiger partial charge is 0.337 e. The summed E-state index contributed by atoms with van der Waals surface area (Å²) in [6, 6.07) is 7.51. The minimum atomic E-state index is -0.0249. The van der Waals surface area contributed by atoms with Crippen LogP contribution in [0.4, 0.5) is 0 Å². The normalized spacial score (nSPS) is 17.3. The van der Waals surface area contributed by atoms with Gasteiger partial charge >= 0.3 is 0 Å². The van der Waals surface area contributed by atoms with Gasteiger partial charge in [0.15, 0.2) is 0 Å². The van der Waals surface area contributed by atoms with Gasteiger partial charge in [0.25, 0.3) is 5.91 Å². The van der Waals surface area contributed by atoms with Crippen molar-refractivity contribution >= 4 is 5.91 Å². The van der Waals surface area contributed by atoms with Crippen LogP contribution in [0.2, 0.25) is 0 Å². The van der Waals surface area contributed by atoms with E-state index in [1.807, 2.05) is 30.0 Å². The topological polar surface area (TPSA) is 87.7 Å². The molecule has 132 valence electrons. The molecule has 0 aromatic carbocycles. The quantitative estimate of drug-likeness (QED) is 0.786. The van der Waals surface area contributed by atoms with Gasteiger partial charge in [0.1, 0.15) is 11.5 Å². The third kappa shape index (κ3) is 3.33. The van der Waals surface area contributed by atoms with Crippen molar-refractivity contribution in [1.82, 2.24) is 30.0 Å². The molecule has 1 aliphatic rings. The standard InChI is InChI=1S/C19H20N6O/c1-13-21-8-6-16(22-13)15-5-3-9-25(12-15)19(26)18-10-17(23-24-18)14-4-2-7-20-11-14/h2,4,6-8,10-11,15H,3,5,9,12H2,1H3,(H,23,24)/t15-/m1/s1. The van der Waals surface area contributed by atoms with E-state index in [0.717, 1.165) is 42.2 Å². The van der Waals surface area contributed by atoms with Crippen LogP contribution in [0.5, 0.6) is 0 Å². The van der Waals surface area contributed by atoms with Crippen LogP contribution in [0, 0.1) is 6.92 Å². The first-order chi connectivity index (χ1) is 12.7. The first kappa shape index (κ1) is 16.4. The Kier molecular flexibility index (Phi) is 4.43. The van der Waals surface area contributed by atoms with Gasteiger partial charge in [-0.1, -0.05) is 0 Å². The molecule has 0 saturated carbocycles. The van der Waals surface area contributed by atoms with Gasteiger partial charge in [-0.25, -0.2) is 9.97 Å². The number of carbonyl (C=O) groups excluding carboxylic acids is 1. The zero-order valence-corrected chi connectivity index (χ0v) is 14.6. The fourth-order valence-electron chi connectivity index (χ4n) is 3.37. The van der Waals surface area contributed by atoms with Gasteiger partial charge in [0.2, 0.25) is 0 Å². The summed E-state index contributed by atoms with van der Waals surface area (Å²) < 4.78 is 0. The monoisotopic (exact) mass is 348 g/mol. The highest BCUT2D eigenvalue weighted by Gasteiger charge is 2.27. The predicted molar refractivity (Wildman–Crippen MR) is 96.5 cm³/mol. The molecule has 1 aliphatic heterocycles.